The van der Waals surface area contributed by atoms with Crippen LogP contribution >= 0.6 is 0 Å². The van der Waals surface area contributed by atoms with Crippen molar-refractivity contribution in [1.82, 2.24) is 0 Å². The molecular formula is C14H22N2O2. The average molecular weight is 250 g/mol. The number of nitrogens with one attached hydrogen (secondary N) is 1. The highest BCUT2D eigenvalue weighted by molar-refractivity contribution is 5.90. The number of amides is 1. The molecule has 0 radical (unpaired) electrons. The second kappa shape index (κ2) is 7.84. The summed E-state index contributed by atoms with van der Waals surface area (Å²) in [7, 11) is 0. The summed E-state index contributed by atoms with van der Waals surface area (Å²) < 4.78 is 0. The van der Waals surface area contributed by atoms with Gasteiger partial charge >= 0.3 is 0 Å². The molecular weight excluding hydrogens is 228 g/mol. The smallest absolute Gasteiger partial charge is 0.224 e. The highest BCUT2D eigenvalue weighted by atomic mass is 16.2. The van der Waals surface area contributed by atoms with Crippen molar-refractivity contribution in [1.29, 1.82) is 0 Å². The lowest BCUT2D eigenvalue weighted by atomic mass is 10.1. The molecule has 0 heterocycles. The highest BCUT2D eigenvalue weighted by Crippen LogP contribution is 2.11. The van der Waals surface area contributed by atoms with Crippen molar-refractivity contribution in [2.45, 2.75) is 26.2 Å². The van der Waals surface area contributed by atoms with Gasteiger partial charge in [-0.05, 0) is 43.0 Å². The Balaban J connectivity index is 2.39. The first-order valence-electron chi connectivity index (χ1n) is 6.35. The number of hydrogen-bond donors (Lipinski definition) is 3. The van der Waals surface area contributed by atoms with E-state index in [2.05, 4.69) is 5.32 Å². The number of hydrogen-bond acceptors (Lipinski definition) is 3. The van der Waals surface area contributed by atoms with Gasteiger partial charge in [0, 0.05) is 18.7 Å². The third kappa shape index (κ3) is 5.29. The number of carbonyl (C=O) groups excluding carboxylic acids is 1. The van der Waals surface area contributed by atoms with Crippen LogP contribution in [-0.4, -0.2) is 24.2 Å². The molecule has 1 aromatic carbocycles. The van der Waals surface area contributed by atoms with Crippen LogP contribution in [0.3, 0.4) is 0 Å². The molecule has 0 spiro atoms. The van der Waals surface area contributed by atoms with E-state index in [1.807, 2.05) is 31.2 Å². The third-order valence-electron chi connectivity index (χ3n) is 2.90. The molecule has 1 atom stereocenters. The summed E-state index contributed by atoms with van der Waals surface area (Å²) in [4.78, 5) is 11.7. The van der Waals surface area contributed by atoms with E-state index in [4.69, 9.17) is 10.8 Å². The molecule has 1 rings (SSSR count). The lowest BCUT2D eigenvalue weighted by Crippen LogP contribution is -2.16. The molecule has 0 aliphatic heterocycles. The van der Waals surface area contributed by atoms with Crippen LogP contribution in [0.25, 0.3) is 0 Å². The molecule has 0 aromatic heterocycles. The van der Waals surface area contributed by atoms with Gasteiger partial charge in [0.1, 0.15) is 0 Å². The molecule has 0 saturated heterocycles. The van der Waals surface area contributed by atoms with Crippen molar-refractivity contribution in [3.63, 3.8) is 0 Å². The largest absolute Gasteiger partial charge is 0.396 e. The van der Waals surface area contributed by atoms with Gasteiger partial charge in [-0.3, -0.25) is 4.79 Å². The number of anilines is 1. The van der Waals surface area contributed by atoms with Crippen LogP contribution in [-0.2, 0) is 11.2 Å². The Hall–Kier alpha value is -1.39. The zero-order valence-electron chi connectivity index (χ0n) is 10.9. The maximum atomic E-state index is 11.7. The van der Waals surface area contributed by atoms with Gasteiger partial charge < -0.3 is 16.2 Å². The molecule has 0 bridgehead atoms. The van der Waals surface area contributed by atoms with E-state index in [1.54, 1.807) is 0 Å². The van der Waals surface area contributed by atoms with Crippen LogP contribution in [0.2, 0.25) is 0 Å². The van der Waals surface area contributed by atoms with E-state index in [-0.39, 0.29) is 12.5 Å². The Kier molecular flexibility index (Phi) is 6.39. The fourth-order valence-electron chi connectivity index (χ4n) is 1.60. The van der Waals surface area contributed by atoms with Crippen LogP contribution in [0, 0.1) is 5.92 Å². The Morgan fingerprint density at radius 3 is 2.61 bits per heavy atom. The summed E-state index contributed by atoms with van der Waals surface area (Å²) >= 11 is 0. The number of aliphatic hydroxyl groups excluding tert-OH is 1. The van der Waals surface area contributed by atoms with Crippen molar-refractivity contribution in [2.24, 2.45) is 11.7 Å². The van der Waals surface area contributed by atoms with E-state index in [1.165, 1.54) is 0 Å². The van der Waals surface area contributed by atoms with Crippen LogP contribution in [0.15, 0.2) is 24.3 Å². The molecule has 0 fully saturated rings. The average Bonchev–Trinajstić information content (AvgIpc) is 2.38. The fourth-order valence-corrected chi connectivity index (χ4v) is 1.60. The number of benzene rings is 1. The SMILES string of the molecule is CC(CN)CCC(=O)Nc1ccc(CCO)cc1. The number of nitrogens with two attached hydrogens (primary N) is 1. The van der Waals surface area contributed by atoms with Crippen molar-refractivity contribution in [3.05, 3.63) is 29.8 Å². The van der Waals surface area contributed by atoms with Gasteiger partial charge in [0.25, 0.3) is 0 Å². The van der Waals surface area contributed by atoms with E-state index >= 15 is 0 Å². The van der Waals surface area contributed by atoms with Gasteiger partial charge in [0.05, 0.1) is 0 Å². The zero-order chi connectivity index (χ0) is 13.4. The topological polar surface area (TPSA) is 75.4 Å². The minimum Gasteiger partial charge on any atom is -0.396 e. The van der Waals surface area contributed by atoms with Gasteiger partial charge in [-0.25, -0.2) is 0 Å². The predicted molar refractivity (Wildman–Crippen MR) is 73.3 cm³/mol. The Morgan fingerprint density at radius 2 is 2.06 bits per heavy atom. The van der Waals surface area contributed by atoms with Crippen LogP contribution < -0.4 is 11.1 Å². The first-order chi connectivity index (χ1) is 8.65. The maximum Gasteiger partial charge on any atom is 0.224 e. The second-order valence-electron chi connectivity index (χ2n) is 4.60. The predicted octanol–water partition coefficient (Wildman–Crippen LogP) is 1.53. The Morgan fingerprint density at radius 1 is 1.39 bits per heavy atom. The summed E-state index contributed by atoms with van der Waals surface area (Å²) in [6.07, 6.45) is 1.95. The first kappa shape index (κ1) is 14.7. The summed E-state index contributed by atoms with van der Waals surface area (Å²) in [6, 6.07) is 7.53. The van der Waals surface area contributed by atoms with Crippen molar-refractivity contribution in [2.75, 3.05) is 18.5 Å². The van der Waals surface area contributed by atoms with Gasteiger partial charge in [-0.2, -0.15) is 0 Å². The number of carbonyl (C=O) groups is 1. The zero-order valence-corrected chi connectivity index (χ0v) is 10.9. The lowest BCUT2D eigenvalue weighted by Gasteiger charge is -2.09. The standard InChI is InChI=1S/C14H22N2O2/c1-11(10-15)2-7-14(18)16-13-5-3-12(4-6-13)8-9-17/h3-6,11,17H,2,7-10,15H2,1H3,(H,16,18). The molecule has 100 valence electrons. The summed E-state index contributed by atoms with van der Waals surface area (Å²) in [5.74, 6) is 0.396. The van der Waals surface area contributed by atoms with Crippen LogP contribution in [0.1, 0.15) is 25.3 Å². The molecule has 4 heteroatoms. The second-order valence-corrected chi connectivity index (χ2v) is 4.60. The molecule has 4 nitrogen and oxygen atoms in total. The van der Waals surface area contributed by atoms with E-state index in [9.17, 15) is 4.79 Å². The number of aliphatic hydroxyl groups is 1. The molecule has 1 aromatic rings. The van der Waals surface area contributed by atoms with Crippen molar-refractivity contribution in [3.8, 4) is 0 Å². The summed E-state index contributed by atoms with van der Waals surface area (Å²) in [5, 5.41) is 11.6. The highest BCUT2D eigenvalue weighted by Gasteiger charge is 2.05. The molecule has 1 amide bonds. The summed E-state index contributed by atoms with van der Waals surface area (Å²) in [6.45, 7) is 2.79. The van der Waals surface area contributed by atoms with Gasteiger partial charge in [0.15, 0.2) is 0 Å². The van der Waals surface area contributed by atoms with Crippen LogP contribution in [0.4, 0.5) is 5.69 Å². The molecule has 0 saturated carbocycles. The lowest BCUT2D eigenvalue weighted by molar-refractivity contribution is -0.116. The van der Waals surface area contributed by atoms with Gasteiger partial charge in [-0.1, -0.05) is 19.1 Å². The maximum absolute atomic E-state index is 11.7. The van der Waals surface area contributed by atoms with Crippen molar-refractivity contribution >= 4 is 11.6 Å². The third-order valence-corrected chi connectivity index (χ3v) is 2.90. The Bertz CT molecular complexity index is 363. The normalized spacial score (nSPS) is 12.2. The van der Waals surface area contributed by atoms with Crippen LogP contribution in [0.5, 0.6) is 0 Å². The molecule has 0 aliphatic carbocycles. The van der Waals surface area contributed by atoms with E-state index in [0.717, 1.165) is 17.7 Å². The van der Waals surface area contributed by atoms with E-state index < -0.39 is 0 Å². The van der Waals surface area contributed by atoms with Gasteiger partial charge in [0.2, 0.25) is 5.91 Å². The minimum atomic E-state index is 0.0187. The molecule has 4 N–H and O–H groups in total. The number of rotatable bonds is 7. The summed E-state index contributed by atoms with van der Waals surface area (Å²) in [5.41, 5.74) is 7.36. The van der Waals surface area contributed by atoms with Gasteiger partial charge in [-0.15, -0.1) is 0 Å². The molecule has 18 heavy (non-hydrogen) atoms. The first-order valence-corrected chi connectivity index (χ1v) is 6.35. The molecule has 0 aliphatic rings. The Labute approximate surface area is 108 Å². The quantitative estimate of drug-likeness (QED) is 0.687. The fraction of sp³-hybridized carbons (Fsp3) is 0.500. The van der Waals surface area contributed by atoms with Crippen molar-refractivity contribution < 1.29 is 9.90 Å². The van der Waals surface area contributed by atoms with E-state index in [0.29, 0.717) is 25.3 Å². The molecule has 1 unspecified atom stereocenters. The monoisotopic (exact) mass is 250 g/mol. The minimum absolute atomic E-state index is 0.0187.